The third-order valence-electron chi connectivity index (χ3n) is 3.26. The highest BCUT2D eigenvalue weighted by Crippen LogP contribution is 2.46. The van der Waals surface area contributed by atoms with Crippen LogP contribution in [0.25, 0.3) is 10.4 Å². The molecule has 0 aliphatic rings. The van der Waals surface area contributed by atoms with Crippen LogP contribution in [0.3, 0.4) is 0 Å². The summed E-state index contributed by atoms with van der Waals surface area (Å²) in [4.78, 5) is 5.57. The molecule has 0 bridgehead atoms. The van der Waals surface area contributed by atoms with Gasteiger partial charge in [-0.2, -0.15) is 26.3 Å². The summed E-state index contributed by atoms with van der Waals surface area (Å²) in [5.74, 6) is 0. The molecule has 0 heterocycles. The first-order chi connectivity index (χ1) is 11.5. The lowest BCUT2D eigenvalue weighted by atomic mass is 10.2. The number of benzene rings is 2. The van der Waals surface area contributed by atoms with Crippen LogP contribution in [0.15, 0.2) is 53.4 Å². The SMILES string of the molecule is [N-]=[N+]=NP(=O)(c1ccc(C(F)(F)F)cc1)c1ccc(C(F)(F)F)cc1. The minimum atomic E-state index is -4.62. The predicted molar refractivity (Wildman–Crippen MR) is 78.9 cm³/mol. The first-order valence-corrected chi connectivity index (χ1v) is 8.17. The van der Waals surface area contributed by atoms with Crippen molar-refractivity contribution < 1.29 is 30.9 Å². The highest BCUT2D eigenvalue weighted by atomic mass is 31.2. The molecular formula is C14H8F6N3OP. The Morgan fingerprint density at radius 3 is 1.32 bits per heavy atom. The normalized spacial score (nSPS) is 12.6. The highest BCUT2D eigenvalue weighted by Gasteiger charge is 2.34. The molecule has 0 saturated heterocycles. The van der Waals surface area contributed by atoms with Gasteiger partial charge in [0.2, 0.25) is 7.29 Å². The topological polar surface area (TPSA) is 65.8 Å². The van der Waals surface area contributed by atoms with Crippen LogP contribution in [0.4, 0.5) is 26.3 Å². The fraction of sp³-hybridized carbons (Fsp3) is 0.143. The van der Waals surface area contributed by atoms with E-state index in [0.29, 0.717) is 24.3 Å². The number of rotatable bonds is 3. The van der Waals surface area contributed by atoms with Crippen LogP contribution in [0, 0.1) is 0 Å². The van der Waals surface area contributed by atoms with Gasteiger partial charge in [0.05, 0.1) is 11.1 Å². The van der Waals surface area contributed by atoms with Crippen LogP contribution < -0.4 is 10.6 Å². The number of azide groups is 1. The van der Waals surface area contributed by atoms with Gasteiger partial charge in [0.25, 0.3) is 0 Å². The van der Waals surface area contributed by atoms with Gasteiger partial charge in [-0.15, -0.1) is 0 Å². The van der Waals surface area contributed by atoms with E-state index >= 15 is 0 Å². The third kappa shape index (κ3) is 3.97. The summed E-state index contributed by atoms with van der Waals surface area (Å²) in [7, 11) is -4.09. The van der Waals surface area contributed by atoms with Crippen LogP contribution in [-0.2, 0) is 16.9 Å². The zero-order valence-corrected chi connectivity index (χ0v) is 13.0. The lowest BCUT2D eigenvalue weighted by molar-refractivity contribution is -0.138. The van der Waals surface area contributed by atoms with E-state index in [1.54, 1.807) is 0 Å². The molecule has 2 aromatic carbocycles. The van der Waals surface area contributed by atoms with Gasteiger partial charge in [0.1, 0.15) is 0 Å². The molecule has 25 heavy (non-hydrogen) atoms. The average Bonchev–Trinajstić information content (AvgIpc) is 2.53. The Morgan fingerprint density at radius 1 is 0.760 bits per heavy atom. The maximum absolute atomic E-state index is 13.0. The molecule has 0 aliphatic carbocycles. The van der Waals surface area contributed by atoms with Crippen LogP contribution in [-0.4, -0.2) is 0 Å². The smallest absolute Gasteiger partial charge is 0.307 e. The van der Waals surface area contributed by atoms with E-state index in [1.807, 2.05) is 0 Å². The summed E-state index contributed by atoms with van der Waals surface area (Å²) in [5, 5.41) is -0.448. The van der Waals surface area contributed by atoms with Crippen LogP contribution in [0.2, 0.25) is 0 Å². The van der Waals surface area contributed by atoms with Gasteiger partial charge >= 0.3 is 12.4 Å². The second-order valence-electron chi connectivity index (χ2n) is 4.84. The molecule has 0 aromatic heterocycles. The molecule has 0 spiro atoms. The molecular weight excluding hydrogens is 371 g/mol. The molecule has 0 unspecified atom stereocenters. The maximum Gasteiger partial charge on any atom is 0.416 e. The summed E-state index contributed by atoms with van der Waals surface area (Å²) < 4.78 is 88.5. The van der Waals surface area contributed by atoms with Crippen molar-refractivity contribution in [1.82, 2.24) is 0 Å². The number of hydrogen-bond acceptors (Lipinski definition) is 1. The number of halogens is 6. The fourth-order valence-electron chi connectivity index (χ4n) is 2.01. The van der Waals surface area contributed by atoms with E-state index in [2.05, 4.69) is 9.80 Å². The molecule has 11 heteroatoms. The predicted octanol–water partition coefficient (Wildman–Crippen LogP) is 5.26. The first-order valence-electron chi connectivity index (χ1n) is 6.51. The first kappa shape index (κ1) is 18.9. The largest absolute Gasteiger partial charge is 0.416 e. The zero-order valence-electron chi connectivity index (χ0n) is 12.1. The average molecular weight is 379 g/mol. The summed E-state index contributed by atoms with van der Waals surface area (Å²) in [6.45, 7) is 0. The molecule has 0 radical (unpaired) electrons. The standard InChI is InChI=1S/C14H8F6N3OP/c15-13(16,17)9-1-5-11(6-2-9)25(24,23-22-21)12-7-3-10(4-8-12)14(18,19)20/h1-8H. The molecule has 2 aromatic rings. The molecule has 2 rings (SSSR count). The number of hydrogen-bond donors (Lipinski definition) is 0. The Labute approximate surface area is 137 Å². The van der Waals surface area contributed by atoms with Crippen molar-refractivity contribution in [3.63, 3.8) is 0 Å². The van der Waals surface area contributed by atoms with E-state index in [4.69, 9.17) is 5.53 Å². The molecule has 0 saturated carbocycles. The Balaban J connectivity index is 2.52. The van der Waals surface area contributed by atoms with Gasteiger partial charge in [-0.05, 0) is 34.7 Å². The molecule has 0 atom stereocenters. The molecule has 132 valence electrons. The summed E-state index contributed by atoms with van der Waals surface area (Å²) in [5.41, 5.74) is 6.61. The molecule has 0 fully saturated rings. The summed E-state index contributed by atoms with van der Waals surface area (Å²) >= 11 is 0. The molecule has 0 N–H and O–H groups in total. The van der Waals surface area contributed by atoms with E-state index in [1.165, 1.54) is 0 Å². The van der Waals surface area contributed by atoms with Crippen molar-refractivity contribution in [3.8, 4) is 0 Å². The summed E-state index contributed by atoms with van der Waals surface area (Å²) in [6.07, 6.45) is -9.23. The minimum Gasteiger partial charge on any atom is -0.307 e. The minimum absolute atomic E-state index is 0.224. The van der Waals surface area contributed by atoms with Gasteiger partial charge in [0.15, 0.2) is 0 Å². The zero-order chi connectivity index (χ0) is 18.9. The van der Waals surface area contributed by atoms with E-state index in [-0.39, 0.29) is 10.6 Å². The Bertz CT molecular complexity index is 791. The van der Waals surface area contributed by atoms with Gasteiger partial charge in [-0.3, -0.25) is 0 Å². The second-order valence-corrected chi connectivity index (χ2v) is 7.21. The summed E-state index contributed by atoms with van der Waals surface area (Å²) in [6, 6.07) is 6.09. The molecule has 0 aliphatic heterocycles. The Kier molecular flexibility index (Phi) is 4.88. The van der Waals surface area contributed by atoms with Crippen molar-refractivity contribution in [2.75, 3.05) is 0 Å². The number of nitrogens with zero attached hydrogens (tertiary/aromatic N) is 3. The van der Waals surface area contributed by atoms with Crippen molar-refractivity contribution in [1.29, 1.82) is 0 Å². The van der Waals surface area contributed by atoms with E-state index in [9.17, 15) is 30.9 Å². The lowest BCUT2D eigenvalue weighted by Gasteiger charge is -2.15. The number of alkyl halides is 6. The van der Waals surface area contributed by atoms with Crippen molar-refractivity contribution in [3.05, 3.63) is 70.1 Å². The second kappa shape index (κ2) is 6.46. The quantitative estimate of drug-likeness (QED) is 0.236. The molecule has 4 nitrogen and oxygen atoms in total. The van der Waals surface area contributed by atoms with E-state index in [0.717, 1.165) is 24.3 Å². The van der Waals surface area contributed by atoms with Crippen molar-refractivity contribution in [2.45, 2.75) is 12.4 Å². The Hall–Kier alpha value is -2.44. The molecule has 0 amide bonds. The van der Waals surface area contributed by atoms with Crippen LogP contribution in [0.1, 0.15) is 11.1 Å². The van der Waals surface area contributed by atoms with Crippen molar-refractivity contribution in [2.24, 2.45) is 4.88 Å². The van der Waals surface area contributed by atoms with Gasteiger partial charge in [-0.25, -0.2) is 0 Å². The highest BCUT2D eigenvalue weighted by molar-refractivity contribution is 7.77. The van der Waals surface area contributed by atoms with Crippen LogP contribution in [0.5, 0.6) is 0 Å². The van der Waals surface area contributed by atoms with Gasteiger partial charge < -0.3 is 4.57 Å². The lowest BCUT2D eigenvalue weighted by Crippen LogP contribution is -2.16. The van der Waals surface area contributed by atoms with Gasteiger partial charge in [-0.1, -0.05) is 24.3 Å². The Morgan fingerprint density at radius 2 is 1.08 bits per heavy atom. The van der Waals surface area contributed by atoms with Crippen molar-refractivity contribution >= 4 is 17.9 Å². The third-order valence-corrected chi connectivity index (χ3v) is 5.58. The van der Waals surface area contributed by atoms with E-state index < -0.39 is 30.8 Å². The fourth-order valence-corrected chi connectivity index (χ4v) is 3.74. The van der Waals surface area contributed by atoms with Gasteiger partial charge in [0, 0.05) is 15.5 Å². The monoisotopic (exact) mass is 379 g/mol. The maximum atomic E-state index is 13.0. The van der Waals surface area contributed by atoms with Crippen LogP contribution >= 0.6 is 7.29 Å².